The van der Waals surface area contributed by atoms with Crippen LogP contribution in [0.25, 0.3) is 66.1 Å². The van der Waals surface area contributed by atoms with Crippen molar-refractivity contribution in [1.82, 2.24) is 9.13 Å². The Bertz CT molecular complexity index is 2740. The van der Waals surface area contributed by atoms with Crippen molar-refractivity contribution < 1.29 is 39.5 Å². The minimum absolute atomic E-state index is 0.0000502. The lowest BCUT2D eigenvalue weighted by molar-refractivity contribution is -0.138. The third-order valence-corrected chi connectivity index (χ3v) is 9.91. The largest absolute Gasteiger partial charge is 0.417 e. The van der Waals surface area contributed by atoms with Gasteiger partial charge in [-0.2, -0.15) is 44.8 Å². The number of nitrogens with zero attached hydrogens (tertiary/aromatic N) is 3. The molecule has 2 heterocycles. The van der Waals surface area contributed by atoms with E-state index in [9.17, 15) is 31.6 Å². The van der Waals surface area contributed by atoms with E-state index in [-0.39, 0.29) is 56.3 Å². The van der Waals surface area contributed by atoms with E-state index in [4.69, 9.17) is 0 Å². The molecule has 53 heavy (non-hydrogen) atoms. The van der Waals surface area contributed by atoms with Crippen LogP contribution in [0.2, 0.25) is 0 Å². The smallest absolute Gasteiger partial charge is 0.308 e. The van der Waals surface area contributed by atoms with E-state index in [2.05, 4.69) is 6.07 Å². The summed E-state index contributed by atoms with van der Waals surface area (Å²) in [5.74, 6) is 0. The molecule has 0 N–H and O–H groups in total. The number of hydrogen-bond donors (Lipinski definition) is 0. The van der Waals surface area contributed by atoms with Gasteiger partial charge in [0.15, 0.2) is 0 Å². The molecule has 0 saturated heterocycles. The number of benzene rings is 6. The minimum Gasteiger partial charge on any atom is -0.308 e. The lowest BCUT2D eigenvalue weighted by Gasteiger charge is -2.23. The number of halogens is 9. The van der Waals surface area contributed by atoms with E-state index in [0.717, 1.165) is 30.3 Å². The molecule has 2 aromatic heterocycles. The van der Waals surface area contributed by atoms with Crippen LogP contribution in [0.3, 0.4) is 0 Å². The molecule has 0 radical (unpaired) electrons. The Morgan fingerprint density at radius 2 is 0.962 bits per heavy atom. The summed E-state index contributed by atoms with van der Waals surface area (Å²) in [7, 11) is 0. The maximum absolute atomic E-state index is 15.1. The standard InChI is InChI=1S/C41H20F9N3/c42-39(43,44)23-10-13-33-28(18-23)25-5-1-3-7-31(25)52(33)35-15-21(20-51)16-36(38(35)37-27-17-22(27)9-12-30(37)41(48,49)50)53-32-8-4-2-6-26(32)29-19-24(40(45,46)47)11-14-34(29)53/h1-16,18-19H,17H2. The van der Waals surface area contributed by atoms with E-state index in [1.54, 1.807) is 57.7 Å². The molecule has 0 atom stereocenters. The van der Waals surface area contributed by atoms with E-state index >= 15 is 13.2 Å². The number of nitriles is 1. The van der Waals surface area contributed by atoms with Gasteiger partial charge in [0.25, 0.3) is 0 Å². The predicted molar refractivity (Wildman–Crippen MR) is 183 cm³/mol. The zero-order valence-electron chi connectivity index (χ0n) is 26.8. The van der Waals surface area contributed by atoms with E-state index < -0.39 is 35.2 Å². The van der Waals surface area contributed by atoms with E-state index in [0.29, 0.717) is 32.9 Å². The van der Waals surface area contributed by atoms with Gasteiger partial charge in [0, 0.05) is 32.7 Å². The SMILES string of the molecule is N#Cc1cc(-n2c3ccccc3c3cc(C(F)(F)F)ccc32)c(-c2c(C(F)(F)F)ccc3c2C3)c(-n2c3ccccc3c3cc(C(F)(F)F)ccc32)c1. The number of alkyl halides is 9. The van der Waals surface area contributed by atoms with Gasteiger partial charge in [-0.3, -0.25) is 0 Å². The highest BCUT2D eigenvalue weighted by atomic mass is 19.4. The van der Waals surface area contributed by atoms with Crippen molar-refractivity contribution in [3.63, 3.8) is 0 Å². The van der Waals surface area contributed by atoms with Crippen LogP contribution >= 0.6 is 0 Å². The van der Waals surface area contributed by atoms with Crippen LogP contribution in [0.5, 0.6) is 0 Å². The van der Waals surface area contributed by atoms with Gasteiger partial charge in [-0.05, 0) is 84.3 Å². The molecule has 12 heteroatoms. The molecule has 0 amide bonds. The van der Waals surface area contributed by atoms with Crippen molar-refractivity contribution in [1.29, 1.82) is 5.26 Å². The second kappa shape index (κ2) is 10.9. The van der Waals surface area contributed by atoms with Crippen LogP contribution in [0.15, 0.2) is 109 Å². The zero-order valence-corrected chi connectivity index (χ0v) is 26.8. The first-order valence-corrected chi connectivity index (χ1v) is 16.2. The monoisotopic (exact) mass is 725 g/mol. The third kappa shape index (κ3) is 4.98. The van der Waals surface area contributed by atoms with Crippen molar-refractivity contribution in [2.75, 3.05) is 0 Å². The van der Waals surface area contributed by atoms with Gasteiger partial charge in [-0.25, -0.2) is 0 Å². The number of aromatic nitrogens is 2. The quantitative estimate of drug-likeness (QED) is 0.167. The maximum Gasteiger partial charge on any atom is 0.417 e. The highest BCUT2D eigenvalue weighted by Crippen LogP contribution is 2.52. The second-order valence-electron chi connectivity index (χ2n) is 13.0. The Hall–Kier alpha value is -6.22. The average molecular weight is 726 g/mol. The van der Waals surface area contributed by atoms with Crippen LogP contribution < -0.4 is 0 Å². The van der Waals surface area contributed by atoms with Crippen LogP contribution in [-0.2, 0) is 24.9 Å². The molecule has 0 aliphatic heterocycles. The topological polar surface area (TPSA) is 33.6 Å². The number of para-hydroxylation sites is 2. The van der Waals surface area contributed by atoms with Gasteiger partial charge in [0.2, 0.25) is 0 Å². The van der Waals surface area contributed by atoms with Crippen LogP contribution in [0.1, 0.15) is 33.4 Å². The molecule has 8 aromatic rings. The predicted octanol–water partition coefficient (Wildman–Crippen LogP) is 12.4. The molecule has 1 aliphatic carbocycles. The number of rotatable bonds is 3. The minimum atomic E-state index is -4.86. The highest BCUT2D eigenvalue weighted by Gasteiger charge is 2.40. The summed E-state index contributed by atoms with van der Waals surface area (Å²) in [5.41, 5.74) is -0.563. The van der Waals surface area contributed by atoms with Crippen LogP contribution in [0.4, 0.5) is 39.5 Å². The molecule has 6 aromatic carbocycles. The van der Waals surface area contributed by atoms with Gasteiger partial charge in [0.1, 0.15) is 0 Å². The lowest BCUT2D eigenvalue weighted by Crippen LogP contribution is -2.11. The van der Waals surface area contributed by atoms with E-state index in [1.807, 2.05) is 0 Å². The lowest BCUT2D eigenvalue weighted by atomic mass is 9.93. The molecular weight excluding hydrogens is 705 g/mol. The highest BCUT2D eigenvalue weighted by molar-refractivity contribution is 6.12. The average Bonchev–Trinajstić information content (AvgIpc) is 3.74. The molecule has 0 bridgehead atoms. The Labute approximate surface area is 293 Å². The Balaban J connectivity index is 1.50. The summed E-state index contributed by atoms with van der Waals surface area (Å²) in [6.07, 6.45) is -14.0. The fraction of sp³-hybridized carbons (Fsp3) is 0.0976. The normalized spacial score (nSPS) is 13.3. The molecule has 0 unspecified atom stereocenters. The third-order valence-electron chi connectivity index (χ3n) is 9.91. The molecular formula is C41H20F9N3. The number of fused-ring (bicyclic) bond motifs is 7. The first-order valence-electron chi connectivity index (χ1n) is 16.2. The Morgan fingerprint density at radius 1 is 0.491 bits per heavy atom. The fourth-order valence-electron chi connectivity index (χ4n) is 7.61. The second-order valence-corrected chi connectivity index (χ2v) is 13.0. The molecule has 0 fully saturated rings. The first kappa shape index (κ1) is 32.7. The van der Waals surface area contributed by atoms with Gasteiger partial charge in [-0.1, -0.05) is 42.5 Å². The fourth-order valence-corrected chi connectivity index (χ4v) is 7.61. The van der Waals surface area contributed by atoms with Crippen molar-refractivity contribution in [2.45, 2.75) is 24.9 Å². The summed E-state index contributed by atoms with van der Waals surface area (Å²) in [6, 6.07) is 26.6. The van der Waals surface area contributed by atoms with Gasteiger partial charge in [-0.15, -0.1) is 0 Å². The summed E-state index contributed by atoms with van der Waals surface area (Å²) in [4.78, 5) is 0. The Kier molecular flexibility index (Phi) is 6.72. The van der Waals surface area contributed by atoms with Gasteiger partial charge < -0.3 is 9.13 Å². The summed E-state index contributed by atoms with van der Waals surface area (Å²) < 4.78 is 132. The maximum atomic E-state index is 15.1. The van der Waals surface area contributed by atoms with Crippen molar-refractivity contribution in [3.05, 3.63) is 143 Å². The molecule has 262 valence electrons. The van der Waals surface area contributed by atoms with Crippen molar-refractivity contribution >= 4 is 43.6 Å². The first-order chi connectivity index (χ1) is 25.1. The Morgan fingerprint density at radius 3 is 1.42 bits per heavy atom. The molecule has 3 nitrogen and oxygen atoms in total. The molecule has 9 rings (SSSR count). The summed E-state index contributed by atoms with van der Waals surface area (Å²) in [6.45, 7) is 0. The molecule has 0 spiro atoms. The van der Waals surface area contributed by atoms with Gasteiger partial charge >= 0.3 is 18.5 Å². The summed E-state index contributed by atoms with van der Waals surface area (Å²) >= 11 is 0. The molecule has 1 aliphatic rings. The molecule has 0 saturated carbocycles. The van der Waals surface area contributed by atoms with Crippen LogP contribution in [-0.4, -0.2) is 9.13 Å². The van der Waals surface area contributed by atoms with Gasteiger partial charge in [0.05, 0.1) is 61.8 Å². The van der Waals surface area contributed by atoms with Crippen LogP contribution in [0, 0.1) is 11.3 Å². The summed E-state index contributed by atoms with van der Waals surface area (Å²) in [5, 5.41) is 11.5. The van der Waals surface area contributed by atoms with Crippen molar-refractivity contribution in [3.8, 4) is 28.6 Å². The van der Waals surface area contributed by atoms with Crippen molar-refractivity contribution in [2.24, 2.45) is 0 Å². The van der Waals surface area contributed by atoms with E-state index in [1.165, 1.54) is 30.3 Å². The zero-order chi connectivity index (χ0) is 37.2. The number of hydrogen-bond acceptors (Lipinski definition) is 1.